The van der Waals surface area contributed by atoms with Gasteiger partial charge in [0.05, 0.1) is 6.10 Å². The van der Waals surface area contributed by atoms with Crippen LogP contribution in [0.25, 0.3) is 0 Å². The molecule has 5 aromatic carbocycles. The van der Waals surface area contributed by atoms with Crippen molar-refractivity contribution in [3.8, 4) is 23.0 Å². The lowest BCUT2D eigenvalue weighted by Gasteiger charge is -2.37. The predicted octanol–water partition coefficient (Wildman–Crippen LogP) is 11.3. The largest absolute Gasteiger partial charge is 0.543 e. The normalized spacial score (nSPS) is 15.8. The summed E-state index contributed by atoms with van der Waals surface area (Å²) >= 11 is 3.69. The summed E-state index contributed by atoms with van der Waals surface area (Å²) in [7, 11) is -2.04. The van der Waals surface area contributed by atoms with E-state index in [1.807, 2.05) is 54.6 Å². The van der Waals surface area contributed by atoms with Crippen molar-refractivity contribution in [3.63, 3.8) is 0 Å². The van der Waals surface area contributed by atoms with Crippen molar-refractivity contribution in [3.05, 3.63) is 154 Å². The summed E-state index contributed by atoms with van der Waals surface area (Å²) in [4.78, 5) is 0. The van der Waals surface area contributed by atoms with E-state index in [1.54, 1.807) is 0 Å². The first-order valence-electron chi connectivity index (χ1n) is 16.9. The van der Waals surface area contributed by atoms with Crippen LogP contribution in [0.2, 0.25) is 18.1 Å². The van der Waals surface area contributed by atoms with Gasteiger partial charge >= 0.3 is 0 Å². The van der Waals surface area contributed by atoms with Crippen molar-refractivity contribution < 1.29 is 23.4 Å². The molecule has 5 nitrogen and oxygen atoms in total. The Morgan fingerprint density at radius 3 is 1.61 bits per heavy atom. The lowest BCUT2D eigenvalue weighted by molar-refractivity contribution is 0.229. The fourth-order valence-electron chi connectivity index (χ4n) is 5.36. The molecule has 1 aliphatic rings. The van der Waals surface area contributed by atoms with Gasteiger partial charge in [0, 0.05) is 10.9 Å². The Labute approximate surface area is 300 Å². The van der Waals surface area contributed by atoms with Gasteiger partial charge in [-0.1, -0.05) is 128 Å². The highest BCUT2D eigenvalue weighted by Gasteiger charge is 2.43. The highest BCUT2D eigenvalue weighted by molar-refractivity contribution is 9.10. The molecule has 1 fully saturated rings. The van der Waals surface area contributed by atoms with Gasteiger partial charge in [-0.2, -0.15) is 0 Å². The van der Waals surface area contributed by atoms with Crippen LogP contribution >= 0.6 is 15.9 Å². The quantitative estimate of drug-likeness (QED) is 0.0839. The van der Waals surface area contributed by atoms with Crippen LogP contribution in [0, 0.1) is 0 Å². The molecule has 6 rings (SSSR count). The van der Waals surface area contributed by atoms with Gasteiger partial charge in [0.15, 0.2) is 11.5 Å². The lowest BCUT2D eigenvalue weighted by atomic mass is 10.0. The molecule has 0 bridgehead atoms. The molecule has 2 atom stereocenters. The van der Waals surface area contributed by atoms with Crippen LogP contribution in [0.4, 0.5) is 0 Å². The number of ether oxygens (including phenoxy) is 4. The average Bonchev–Trinajstić information content (AvgIpc) is 3.86. The third-order valence-corrected chi connectivity index (χ3v) is 14.1. The van der Waals surface area contributed by atoms with Crippen molar-refractivity contribution in [1.29, 1.82) is 0 Å². The summed E-state index contributed by atoms with van der Waals surface area (Å²) in [6, 6.07) is 40.9. The molecule has 0 unspecified atom stereocenters. The van der Waals surface area contributed by atoms with Gasteiger partial charge in [-0.15, -0.1) is 0 Å². The zero-order valence-electron chi connectivity index (χ0n) is 28.9. The van der Waals surface area contributed by atoms with Crippen LogP contribution in [0.3, 0.4) is 0 Å². The molecule has 254 valence electrons. The van der Waals surface area contributed by atoms with Crippen LogP contribution in [-0.4, -0.2) is 14.4 Å². The van der Waals surface area contributed by atoms with E-state index in [0.717, 1.165) is 44.5 Å². The highest BCUT2D eigenvalue weighted by Crippen LogP contribution is 2.49. The van der Waals surface area contributed by atoms with Gasteiger partial charge in [-0.25, -0.2) is 0 Å². The minimum absolute atomic E-state index is 0.0175. The molecule has 7 heteroatoms. The van der Waals surface area contributed by atoms with Crippen molar-refractivity contribution in [2.45, 2.75) is 77.4 Å². The van der Waals surface area contributed by atoms with Crippen LogP contribution in [0.5, 0.6) is 23.0 Å². The third-order valence-electron chi connectivity index (χ3n) is 9.27. The number of rotatable bonds is 14. The standard InChI is InChI=1S/C42H45BrO5Si/c1-42(2,3)49(4,5)48-36-22-21-35(43)23-33(36)24-39-40(47-39)34-25-37(44-27-30-15-9-6-10-16-30)41(46-29-32-19-13-8-14-20-32)38(26-34)45-28-31-17-11-7-12-18-31/h6-23,25-26,39-40H,24,27-29H2,1-5H3/t39-,40-/m1/s1. The minimum atomic E-state index is -2.04. The number of hydrogen-bond donors (Lipinski definition) is 0. The Kier molecular flexibility index (Phi) is 10.8. The monoisotopic (exact) mass is 736 g/mol. The minimum Gasteiger partial charge on any atom is -0.543 e. The summed E-state index contributed by atoms with van der Waals surface area (Å²) in [5.74, 6) is 2.76. The average molecular weight is 738 g/mol. The molecular weight excluding hydrogens is 692 g/mol. The van der Waals surface area contributed by atoms with E-state index in [9.17, 15) is 0 Å². The van der Waals surface area contributed by atoms with Gasteiger partial charge in [0.25, 0.3) is 0 Å². The van der Waals surface area contributed by atoms with E-state index < -0.39 is 8.32 Å². The fraction of sp³-hybridized carbons (Fsp3) is 0.286. The second-order valence-corrected chi connectivity index (χ2v) is 19.7. The molecular formula is C42H45BrO5Si. The van der Waals surface area contributed by atoms with Crippen LogP contribution < -0.4 is 18.6 Å². The molecule has 0 amide bonds. The smallest absolute Gasteiger partial charge is 0.250 e. The van der Waals surface area contributed by atoms with E-state index in [1.165, 1.54) is 0 Å². The summed E-state index contributed by atoms with van der Waals surface area (Å²) in [6.45, 7) is 12.5. The Morgan fingerprint density at radius 2 is 1.12 bits per heavy atom. The van der Waals surface area contributed by atoms with Crippen LogP contribution in [0.1, 0.15) is 54.7 Å². The highest BCUT2D eigenvalue weighted by atomic mass is 79.9. The first kappa shape index (κ1) is 34.8. The van der Waals surface area contributed by atoms with E-state index in [-0.39, 0.29) is 17.2 Å². The SMILES string of the molecule is CC(C)(C)[Si](C)(C)Oc1ccc(Br)cc1C[C@H]1O[C@@H]1c1cc(OCc2ccccc2)c(OCc2ccccc2)c(OCc2ccccc2)c1. The maximum atomic E-state index is 6.79. The maximum Gasteiger partial charge on any atom is 0.250 e. The molecule has 5 aromatic rings. The van der Waals surface area contributed by atoms with E-state index in [4.69, 9.17) is 23.4 Å². The van der Waals surface area contributed by atoms with E-state index in [2.05, 4.69) is 117 Å². The van der Waals surface area contributed by atoms with Gasteiger partial charge in [0.2, 0.25) is 14.1 Å². The number of halogens is 1. The fourth-order valence-corrected chi connectivity index (χ4v) is 6.83. The Bertz CT molecular complexity index is 1760. The van der Waals surface area contributed by atoms with E-state index in [0.29, 0.717) is 37.1 Å². The Hall–Kier alpha value is -4.04. The first-order valence-corrected chi connectivity index (χ1v) is 20.6. The van der Waals surface area contributed by atoms with Crippen molar-refractivity contribution >= 4 is 24.2 Å². The zero-order valence-corrected chi connectivity index (χ0v) is 31.5. The molecule has 0 radical (unpaired) electrons. The van der Waals surface area contributed by atoms with Crippen LogP contribution in [-0.2, 0) is 31.0 Å². The maximum absolute atomic E-state index is 6.79. The predicted molar refractivity (Wildman–Crippen MR) is 202 cm³/mol. The van der Waals surface area contributed by atoms with Gasteiger partial charge < -0.3 is 23.4 Å². The zero-order chi connectivity index (χ0) is 34.4. The van der Waals surface area contributed by atoms with Gasteiger partial charge in [-0.05, 0) is 76.3 Å². The van der Waals surface area contributed by atoms with Crippen molar-refractivity contribution in [2.24, 2.45) is 0 Å². The second kappa shape index (κ2) is 15.2. The van der Waals surface area contributed by atoms with Gasteiger partial charge in [-0.3, -0.25) is 0 Å². The number of hydrogen-bond acceptors (Lipinski definition) is 5. The Balaban J connectivity index is 1.30. The van der Waals surface area contributed by atoms with Crippen LogP contribution in [0.15, 0.2) is 126 Å². The number of benzene rings is 5. The third kappa shape index (κ3) is 9.15. The van der Waals surface area contributed by atoms with Crippen molar-refractivity contribution in [2.75, 3.05) is 0 Å². The second-order valence-electron chi connectivity index (χ2n) is 14.1. The topological polar surface area (TPSA) is 49.5 Å². The lowest BCUT2D eigenvalue weighted by Crippen LogP contribution is -2.44. The molecule has 1 heterocycles. The van der Waals surface area contributed by atoms with Crippen molar-refractivity contribution in [1.82, 2.24) is 0 Å². The molecule has 0 aromatic heterocycles. The molecule has 0 aliphatic carbocycles. The summed E-state index contributed by atoms with van der Waals surface area (Å²) in [5.41, 5.74) is 5.32. The molecule has 1 saturated heterocycles. The molecule has 0 N–H and O–H groups in total. The molecule has 0 spiro atoms. The summed E-state index contributed by atoms with van der Waals surface area (Å²) in [5, 5.41) is 0.0899. The Morgan fingerprint density at radius 1 is 0.633 bits per heavy atom. The molecule has 0 saturated carbocycles. The molecule has 1 aliphatic heterocycles. The van der Waals surface area contributed by atoms with E-state index >= 15 is 0 Å². The summed E-state index contributed by atoms with van der Waals surface area (Å²) < 4.78 is 33.7. The van der Waals surface area contributed by atoms with Gasteiger partial charge in [0.1, 0.15) is 31.7 Å². The molecule has 49 heavy (non-hydrogen) atoms. The number of epoxide rings is 1. The first-order chi connectivity index (χ1) is 23.6. The summed E-state index contributed by atoms with van der Waals surface area (Å²) in [6.07, 6.45) is 0.581.